The summed E-state index contributed by atoms with van der Waals surface area (Å²) >= 11 is 0. The second kappa shape index (κ2) is 22.3. The van der Waals surface area contributed by atoms with Crippen LogP contribution in [0.25, 0.3) is 10.8 Å². The molecule has 5 heteroatoms. The van der Waals surface area contributed by atoms with Crippen LogP contribution in [0.3, 0.4) is 0 Å². The fourth-order valence-electron chi connectivity index (χ4n) is 5.53. The predicted octanol–water partition coefficient (Wildman–Crippen LogP) is 7.50. The first-order valence-electron chi connectivity index (χ1n) is 15.5. The molecular weight excluding hydrogens is 499 g/mol. The molecule has 2 rings (SSSR count). The number of hydrogen-bond donors (Lipinski definition) is 0. The first-order chi connectivity index (χ1) is 18.0. The molecule has 210 valence electrons. The van der Waals surface area contributed by atoms with Gasteiger partial charge in [0.25, 0.3) is 0 Å². The van der Waals surface area contributed by atoms with E-state index < -0.39 is 10.1 Å². The zero-order valence-corrected chi connectivity index (χ0v) is 27.5. The van der Waals surface area contributed by atoms with Crippen molar-refractivity contribution in [3.8, 4) is 0 Å². The number of unbranched alkanes of at least 4 members (excludes halogenated alkanes) is 20. The minimum Gasteiger partial charge on any atom is -0.744 e. The minimum atomic E-state index is -4.49. The standard InChI is InChI=1S/C33H54O3S.Na/c1-2-3-4-5-6-7-8-9-10-11-12-13-14-15-16-17-18-19-20-21-22-26-31-29-28-30-25-23-24-27-32(30)33(31)37(34,35)36;/h23-25,27-29H,2-22,26H2,1H3,(H,34,35,36);/q;+1/p-1. The van der Waals surface area contributed by atoms with Gasteiger partial charge in [-0.05, 0) is 29.2 Å². The van der Waals surface area contributed by atoms with Crippen LogP contribution in [0.1, 0.15) is 147 Å². The van der Waals surface area contributed by atoms with Crippen molar-refractivity contribution >= 4 is 20.9 Å². The van der Waals surface area contributed by atoms with Gasteiger partial charge in [0.1, 0.15) is 10.1 Å². The van der Waals surface area contributed by atoms with Crippen molar-refractivity contribution in [2.75, 3.05) is 0 Å². The molecule has 0 saturated carbocycles. The van der Waals surface area contributed by atoms with E-state index in [0.29, 0.717) is 17.4 Å². The fraction of sp³-hybridized carbons (Fsp3) is 0.697. The average molecular weight is 553 g/mol. The van der Waals surface area contributed by atoms with Gasteiger partial charge in [-0.15, -0.1) is 0 Å². The molecule has 0 aliphatic heterocycles. The van der Waals surface area contributed by atoms with Gasteiger partial charge in [-0.25, -0.2) is 8.42 Å². The third-order valence-electron chi connectivity index (χ3n) is 7.76. The summed E-state index contributed by atoms with van der Waals surface area (Å²) < 4.78 is 35.8. The van der Waals surface area contributed by atoms with Crippen LogP contribution < -0.4 is 29.6 Å². The van der Waals surface area contributed by atoms with Crippen molar-refractivity contribution in [3.63, 3.8) is 0 Å². The van der Waals surface area contributed by atoms with E-state index in [1.165, 1.54) is 122 Å². The molecule has 38 heavy (non-hydrogen) atoms. The van der Waals surface area contributed by atoms with Crippen LogP contribution >= 0.6 is 0 Å². The molecule has 0 saturated heterocycles. The number of rotatable bonds is 23. The molecule has 0 aliphatic carbocycles. The minimum absolute atomic E-state index is 0. The zero-order valence-electron chi connectivity index (χ0n) is 24.7. The summed E-state index contributed by atoms with van der Waals surface area (Å²) in [4.78, 5) is -0.0150. The van der Waals surface area contributed by atoms with Gasteiger partial charge in [0, 0.05) is 0 Å². The molecule has 0 bridgehead atoms. The first kappa shape index (κ1) is 35.6. The molecule has 0 fully saturated rings. The van der Waals surface area contributed by atoms with E-state index in [1.807, 2.05) is 24.3 Å². The average Bonchev–Trinajstić information content (AvgIpc) is 2.88. The smallest absolute Gasteiger partial charge is 0.744 e. The maximum atomic E-state index is 11.9. The van der Waals surface area contributed by atoms with Crippen LogP contribution in [0.15, 0.2) is 41.3 Å². The number of fused-ring (bicyclic) bond motifs is 1. The Morgan fingerprint density at radius 1 is 0.553 bits per heavy atom. The van der Waals surface area contributed by atoms with Crippen molar-refractivity contribution in [2.45, 2.75) is 153 Å². The van der Waals surface area contributed by atoms with Gasteiger partial charge in [-0.2, -0.15) is 0 Å². The van der Waals surface area contributed by atoms with Crippen molar-refractivity contribution < 1.29 is 42.5 Å². The van der Waals surface area contributed by atoms with Gasteiger partial charge in [-0.3, -0.25) is 0 Å². The molecule has 0 N–H and O–H groups in total. The number of aryl methyl sites for hydroxylation is 1. The Bertz CT molecular complexity index is 958. The zero-order chi connectivity index (χ0) is 26.6. The Kier molecular flexibility index (Phi) is 20.9. The Labute approximate surface area is 257 Å². The molecule has 2 aromatic rings. The van der Waals surface area contributed by atoms with Gasteiger partial charge >= 0.3 is 29.6 Å². The molecule has 0 unspecified atom stereocenters. The quantitative estimate of drug-likeness (QED) is 0.0815. The maximum Gasteiger partial charge on any atom is 1.00 e. The summed E-state index contributed by atoms with van der Waals surface area (Å²) in [5.74, 6) is 0. The largest absolute Gasteiger partial charge is 1.00 e. The van der Waals surface area contributed by atoms with E-state index >= 15 is 0 Å². The third kappa shape index (κ3) is 15.4. The van der Waals surface area contributed by atoms with Gasteiger partial charge in [0.15, 0.2) is 0 Å². The summed E-state index contributed by atoms with van der Waals surface area (Å²) in [6, 6.07) is 11.0. The summed E-state index contributed by atoms with van der Waals surface area (Å²) in [6.07, 6.45) is 29.0. The van der Waals surface area contributed by atoms with Crippen LogP contribution in [0.5, 0.6) is 0 Å². The van der Waals surface area contributed by atoms with Gasteiger partial charge in [0.2, 0.25) is 0 Å². The molecule has 0 spiro atoms. The molecule has 0 aromatic heterocycles. The number of hydrogen-bond acceptors (Lipinski definition) is 3. The first-order valence-corrected chi connectivity index (χ1v) is 16.9. The second-order valence-corrected chi connectivity index (χ2v) is 12.4. The van der Waals surface area contributed by atoms with Crippen LogP contribution in [-0.2, 0) is 16.5 Å². The van der Waals surface area contributed by atoms with Crippen molar-refractivity contribution in [3.05, 3.63) is 42.0 Å². The van der Waals surface area contributed by atoms with E-state index in [9.17, 15) is 13.0 Å². The van der Waals surface area contributed by atoms with Crippen molar-refractivity contribution in [1.82, 2.24) is 0 Å². The second-order valence-electron chi connectivity index (χ2n) is 11.1. The van der Waals surface area contributed by atoms with Crippen LogP contribution in [0.2, 0.25) is 0 Å². The van der Waals surface area contributed by atoms with Crippen LogP contribution in [0.4, 0.5) is 0 Å². The fourth-order valence-corrected chi connectivity index (χ4v) is 6.47. The molecule has 2 aromatic carbocycles. The van der Waals surface area contributed by atoms with E-state index in [2.05, 4.69) is 6.92 Å². The molecule has 0 atom stereocenters. The van der Waals surface area contributed by atoms with Crippen molar-refractivity contribution in [1.29, 1.82) is 0 Å². The Morgan fingerprint density at radius 3 is 1.37 bits per heavy atom. The topological polar surface area (TPSA) is 57.2 Å². The summed E-state index contributed by atoms with van der Waals surface area (Å²) in [6.45, 7) is 2.28. The normalized spacial score (nSPS) is 11.6. The predicted molar refractivity (Wildman–Crippen MR) is 158 cm³/mol. The molecule has 0 radical (unpaired) electrons. The Balaban J connectivity index is 0.00000722. The van der Waals surface area contributed by atoms with E-state index in [4.69, 9.17) is 0 Å². The van der Waals surface area contributed by atoms with Gasteiger partial charge in [0.05, 0.1) is 4.90 Å². The summed E-state index contributed by atoms with van der Waals surface area (Å²) in [5, 5.41) is 1.36. The molecule has 3 nitrogen and oxygen atoms in total. The van der Waals surface area contributed by atoms with Crippen LogP contribution in [-0.4, -0.2) is 13.0 Å². The molecule has 0 heterocycles. The van der Waals surface area contributed by atoms with Gasteiger partial charge < -0.3 is 4.55 Å². The third-order valence-corrected chi connectivity index (χ3v) is 8.74. The van der Waals surface area contributed by atoms with Gasteiger partial charge in [-0.1, -0.05) is 172 Å². The van der Waals surface area contributed by atoms with E-state index in [0.717, 1.165) is 18.2 Å². The van der Waals surface area contributed by atoms with E-state index in [-0.39, 0.29) is 34.5 Å². The SMILES string of the molecule is CCCCCCCCCCCCCCCCCCCCCCCc1ccc2ccccc2c1S(=O)(=O)[O-].[Na+]. The van der Waals surface area contributed by atoms with E-state index in [1.54, 1.807) is 12.1 Å². The Morgan fingerprint density at radius 2 is 0.947 bits per heavy atom. The summed E-state index contributed by atoms with van der Waals surface area (Å²) in [5.41, 5.74) is 0.673. The number of benzene rings is 2. The molecular formula is C33H53NaO3S. The summed E-state index contributed by atoms with van der Waals surface area (Å²) in [7, 11) is -4.49. The monoisotopic (exact) mass is 552 g/mol. The maximum absolute atomic E-state index is 11.9. The Hall–Kier alpha value is -0.390. The molecule has 0 aliphatic rings. The molecule has 0 amide bonds. The van der Waals surface area contributed by atoms with Crippen LogP contribution in [0, 0.1) is 0 Å². The van der Waals surface area contributed by atoms with Crippen molar-refractivity contribution in [2.24, 2.45) is 0 Å².